The van der Waals surface area contributed by atoms with Crippen LogP contribution < -0.4 is 9.80 Å². The molecule has 0 saturated carbocycles. The Balaban J connectivity index is 1.77. The number of nitro groups is 1. The third kappa shape index (κ3) is 3.41. The predicted octanol–water partition coefficient (Wildman–Crippen LogP) is 5.03. The summed E-state index contributed by atoms with van der Waals surface area (Å²) in [6.45, 7) is 3.60. The molecule has 32 heavy (non-hydrogen) atoms. The fourth-order valence-electron chi connectivity index (χ4n) is 4.39. The summed E-state index contributed by atoms with van der Waals surface area (Å²) in [5, 5.41) is 20.1. The van der Waals surface area contributed by atoms with Crippen molar-refractivity contribution in [2.75, 3.05) is 22.9 Å². The SMILES string of the molecule is CC(c1cccnc1)N(c1ccccc1)c1cc(N2CCCC2)c([N+](=O)[O-])c2nonc12. The average Bonchev–Trinajstić information content (AvgIpc) is 3.52. The van der Waals surface area contributed by atoms with Gasteiger partial charge in [0.2, 0.25) is 5.52 Å². The minimum absolute atomic E-state index is 0.0612. The maximum atomic E-state index is 12.0. The van der Waals surface area contributed by atoms with Gasteiger partial charge in [-0.2, -0.15) is 0 Å². The van der Waals surface area contributed by atoms with Gasteiger partial charge in [-0.05, 0) is 59.9 Å². The van der Waals surface area contributed by atoms with Gasteiger partial charge in [0.1, 0.15) is 5.69 Å². The maximum Gasteiger partial charge on any atom is 0.323 e. The lowest BCUT2D eigenvalue weighted by molar-refractivity contribution is -0.382. The summed E-state index contributed by atoms with van der Waals surface area (Å²) in [6, 6.07) is 15.5. The predicted molar refractivity (Wildman–Crippen MR) is 121 cm³/mol. The first-order chi connectivity index (χ1) is 15.6. The van der Waals surface area contributed by atoms with E-state index < -0.39 is 0 Å². The van der Waals surface area contributed by atoms with E-state index in [0.29, 0.717) is 16.9 Å². The molecule has 1 aliphatic rings. The molecule has 1 saturated heterocycles. The number of anilines is 3. The number of nitrogens with zero attached hydrogens (tertiary/aromatic N) is 6. The molecule has 2 aromatic heterocycles. The normalized spacial score (nSPS) is 14.6. The molecular formula is C23H22N6O3. The van der Waals surface area contributed by atoms with Crippen LogP contribution in [-0.2, 0) is 0 Å². The topological polar surface area (TPSA) is 101 Å². The molecule has 162 valence electrons. The van der Waals surface area contributed by atoms with Crippen molar-refractivity contribution in [2.45, 2.75) is 25.8 Å². The van der Waals surface area contributed by atoms with Crippen molar-refractivity contribution >= 4 is 33.8 Å². The fraction of sp³-hybridized carbons (Fsp3) is 0.261. The van der Waals surface area contributed by atoms with Gasteiger partial charge in [-0.3, -0.25) is 15.1 Å². The monoisotopic (exact) mass is 430 g/mol. The van der Waals surface area contributed by atoms with E-state index in [2.05, 4.69) is 27.1 Å². The number of hydrogen-bond acceptors (Lipinski definition) is 8. The van der Waals surface area contributed by atoms with Gasteiger partial charge in [-0.25, -0.2) is 4.63 Å². The Labute approximate surface area is 184 Å². The van der Waals surface area contributed by atoms with Crippen LogP contribution in [0.5, 0.6) is 0 Å². The fourth-order valence-corrected chi connectivity index (χ4v) is 4.39. The zero-order chi connectivity index (χ0) is 22.1. The van der Waals surface area contributed by atoms with Crippen LogP contribution in [0.2, 0.25) is 0 Å². The first kappa shape index (κ1) is 19.9. The van der Waals surface area contributed by atoms with Gasteiger partial charge in [0.15, 0.2) is 5.52 Å². The molecule has 0 bridgehead atoms. The molecule has 1 unspecified atom stereocenters. The highest BCUT2D eigenvalue weighted by Crippen LogP contribution is 2.45. The Kier molecular flexibility index (Phi) is 5.14. The van der Waals surface area contributed by atoms with Crippen LogP contribution in [0.1, 0.15) is 31.4 Å². The number of nitro benzene ring substituents is 1. The van der Waals surface area contributed by atoms with Crippen LogP contribution in [-0.4, -0.2) is 33.3 Å². The molecule has 5 rings (SSSR count). The van der Waals surface area contributed by atoms with Crippen LogP contribution in [0, 0.1) is 10.1 Å². The molecule has 0 spiro atoms. The van der Waals surface area contributed by atoms with Crippen molar-refractivity contribution in [1.29, 1.82) is 0 Å². The molecule has 4 aromatic rings. The van der Waals surface area contributed by atoms with Gasteiger partial charge >= 0.3 is 5.69 Å². The van der Waals surface area contributed by atoms with Crippen LogP contribution in [0.15, 0.2) is 65.6 Å². The van der Waals surface area contributed by atoms with Crippen molar-refractivity contribution in [3.8, 4) is 0 Å². The molecule has 0 N–H and O–H groups in total. The summed E-state index contributed by atoms with van der Waals surface area (Å²) < 4.78 is 5.02. The Bertz CT molecular complexity index is 1240. The lowest BCUT2D eigenvalue weighted by Gasteiger charge is -2.32. The van der Waals surface area contributed by atoms with E-state index >= 15 is 0 Å². The van der Waals surface area contributed by atoms with Crippen molar-refractivity contribution in [2.24, 2.45) is 0 Å². The van der Waals surface area contributed by atoms with Crippen molar-refractivity contribution in [3.05, 3.63) is 76.6 Å². The van der Waals surface area contributed by atoms with Gasteiger partial charge in [-0.15, -0.1) is 0 Å². The van der Waals surface area contributed by atoms with Gasteiger partial charge < -0.3 is 9.80 Å². The standard InChI is InChI=1S/C23H22N6O3/c1-16(17-8-7-11-24-15-17)28(18-9-3-2-4-10-18)19-14-20(27-12-5-6-13-27)23(29(30)31)22-21(19)25-32-26-22/h2-4,7-11,14-16H,5-6,12-13H2,1H3. The molecule has 9 heteroatoms. The Morgan fingerprint density at radius 3 is 2.53 bits per heavy atom. The van der Waals surface area contributed by atoms with Crippen LogP contribution in [0.25, 0.3) is 11.0 Å². The van der Waals surface area contributed by atoms with Gasteiger partial charge in [0.05, 0.1) is 16.7 Å². The Hall–Kier alpha value is -4.01. The Morgan fingerprint density at radius 2 is 1.84 bits per heavy atom. The summed E-state index contributed by atoms with van der Waals surface area (Å²) in [4.78, 5) is 20.1. The lowest BCUT2D eigenvalue weighted by Crippen LogP contribution is -2.24. The minimum atomic E-state index is -0.388. The van der Waals surface area contributed by atoms with Crippen molar-refractivity contribution in [3.63, 3.8) is 0 Å². The highest BCUT2D eigenvalue weighted by atomic mass is 16.6. The number of hydrogen-bond donors (Lipinski definition) is 0. The molecule has 3 heterocycles. The second-order valence-corrected chi connectivity index (χ2v) is 7.84. The lowest BCUT2D eigenvalue weighted by atomic mass is 10.0. The van der Waals surface area contributed by atoms with Crippen LogP contribution in [0.3, 0.4) is 0 Å². The highest BCUT2D eigenvalue weighted by molar-refractivity contribution is 6.01. The van der Waals surface area contributed by atoms with Crippen LogP contribution in [0.4, 0.5) is 22.7 Å². The summed E-state index contributed by atoms with van der Waals surface area (Å²) in [5.74, 6) is 0. The van der Waals surface area contributed by atoms with E-state index in [9.17, 15) is 10.1 Å². The number of para-hydroxylation sites is 1. The molecular weight excluding hydrogens is 408 g/mol. The molecule has 1 aliphatic heterocycles. The van der Waals surface area contributed by atoms with E-state index in [1.807, 2.05) is 59.6 Å². The molecule has 0 radical (unpaired) electrons. The first-order valence-electron chi connectivity index (χ1n) is 10.6. The number of pyridine rings is 1. The maximum absolute atomic E-state index is 12.0. The minimum Gasteiger partial charge on any atom is -0.366 e. The number of rotatable bonds is 6. The van der Waals surface area contributed by atoms with Gasteiger partial charge in [0.25, 0.3) is 0 Å². The van der Waals surface area contributed by atoms with E-state index in [-0.39, 0.29) is 22.2 Å². The van der Waals surface area contributed by atoms with E-state index in [1.54, 1.807) is 6.20 Å². The molecule has 1 atom stereocenters. The highest BCUT2D eigenvalue weighted by Gasteiger charge is 2.33. The summed E-state index contributed by atoms with van der Waals surface area (Å²) in [7, 11) is 0. The third-order valence-corrected chi connectivity index (χ3v) is 5.95. The first-order valence-corrected chi connectivity index (χ1v) is 10.6. The second kappa shape index (κ2) is 8.26. The number of aromatic nitrogens is 3. The van der Waals surface area contributed by atoms with E-state index in [0.717, 1.165) is 37.2 Å². The number of benzene rings is 2. The quantitative estimate of drug-likeness (QED) is 0.310. The zero-order valence-corrected chi connectivity index (χ0v) is 17.6. The third-order valence-electron chi connectivity index (χ3n) is 5.95. The summed E-state index contributed by atoms with van der Waals surface area (Å²) >= 11 is 0. The van der Waals surface area contributed by atoms with Gasteiger partial charge in [-0.1, -0.05) is 24.3 Å². The van der Waals surface area contributed by atoms with Crippen molar-refractivity contribution in [1.82, 2.24) is 15.3 Å². The largest absolute Gasteiger partial charge is 0.366 e. The zero-order valence-electron chi connectivity index (χ0n) is 17.6. The van der Waals surface area contributed by atoms with Crippen LogP contribution >= 0.6 is 0 Å². The Morgan fingerprint density at radius 1 is 1.09 bits per heavy atom. The molecule has 0 aliphatic carbocycles. The molecule has 1 fully saturated rings. The van der Waals surface area contributed by atoms with E-state index in [4.69, 9.17) is 4.63 Å². The van der Waals surface area contributed by atoms with E-state index in [1.165, 1.54) is 0 Å². The van der Waals surface area contributed by atoms with Crippen molar-refractivity contribution < 1.29 is 9.55 Å². The number of fused-ring (bicyclic) bond motifs is 1. The second-order valence-electron chi connectivity index (χ2n) is 7.84. The average molecular weight is 430 g/mol. The summed E-state index contributed by atoms with van der Waals surface area (Å²) in [5.41, 5.74) is 3.64. The molecule has 9 nitrogen and oxygen atoms in total. The smallest absolute Gasteiger partial charge is 0.323 e. The molecule has 2 aromatic carbocycles. The van der Waals surface area contributed by atoms with Gasteiger partial charge in [0, 0.05) is 31.2 Å². The molecule has 0 amide bonds. The summed E-state index contributed by atoms with van der Waals surface area (Å²) in [6.07, 6.45) is 5.55.